The smallest absolute Gasteiger partial charge is 0.181 e. The molecule has 1 saturated carbocycles. The summed E-state index contributed by atoms with van der Waals surface area (Å²) >= 11 is 0. The molecule has 0 aliphatic heterocycles. The Morgan fingerprint density at radius 2 is 2.00 bits per heavy atom. The molecule has 17 heavy (non-hydrogen) atoms. The molecule has 0 bridgehead atoms. The predicted molar refractivity (Wildman–Crippen MR) is 65.3 cm³/mol. The van der Waals surface area contributed by atoms with Crippen LogP contribution in [-0.4, -0.2) is 25.4 Å². The Bertz CT molecular complexity index is 494. The molecule has 1 aromatic rings. The van der Waals surface area contributed by atoms with Gasteiger partial charge >= 0.3 is 0 Å². The summed E-state index contributed by atoms with van der Waals surface area (Å²) in [5, 5.41) is 8.80. The molecule has 0 spiro atoms. The van der Waals surface area contributed by atoms with Gasteiger partial charge in [0.05, 0.1) is 22.8 Å². The van der Waals surface area contributed by atoms with Crippen molar-refractivity contribution in [3.8, 4) is 0 Å². The first-order valence-corrected chi connectivity index (χ1v) is 7.31. The van der Waals surface area contributed by atoms with Gasteiger partial charge in [-0.25, -0.2) is 8.42 Å². The Morgan fingerprint density at radius 3 is 2.53 bits per heavy atom. The quantitative estimate of drug-likeness (QED) is 0.841. The van der Waals surface area contributed by atoms with Crippen LogP contribution >= 0.6 is 0 Å². The van der Waals surface area contributed by atoms with Crippen molar-refractivity contribution in [2.75, 3.05) is 6.61 Å². The summed E-state index contributed by atoms with van der Waals surface area (Å²) in [7, 11) is -3.28. The molecule has 1 unspecified atom stereocenters. The van der Waals surface area contributed by atoms with E-state index in [9.17, 15) is 8.42 Å². The van der Waals surface area contributed by atoms with E-state index in [4.69, 9.17) is 10.8 Å². The van der Waals surface area contributed by atoms with Gasteiger partial charge in [0.1, 0.15) is 0 Å². The van der Waals surface area contributed by atoms with Crippen LogP contribution in [0.25, 0.3) is 0 Å². The van der Waals surface area contributed by atoms with E-state index in [0.717, 1.165) is 19.3 Å². The molecule has 94 valence electrons. The minimum Gasteiger partial charge on any atom is -0.394 e. The molecular formula is C12H17NO3S. The van der Waals surface area contributed by atoms with Crippen molar-refractivity contribution in [3.05, 3.63) is 29.8 Å². The highest BCUT2D eigenvalue weighted by molar-refractivity contribution is 7.92. The second kappa shape index (κ2) is 4.76. The van der Waals surface area contributed by atoms with Crippen LogP contribution in [0, 0.1) is 0 Å². The number of rotatable bonds is 4. The number of nitrogens with two attached hydrogens (primary N) is 1. The van der Waals surface area contributed by atoms with Crippen molar-refractivity contribution in [2.45, 2.75) is 35.4 Å². The van der Waals surface area contributed by atoms with Crippen LogP contribution in [0.3, 0.4) is 0 Å². The lowest BCUT2D eigenvalue weighted by atomic mass is 10.00. The van der Waals surface area contributed by atoms with Gasteiger partial charge in [0.15, 0.2) is 9.84 Å². The van der Waals surface area contributed by atoms with E-state index in [0.29, 0.717) is 5.56 Å². The molecule has 2 rings (SSSR count). The average molecular weight is 255 g/mol. The third-order valence-corrected chi connectivity index (χ3v) is 5.65. The summed E-state index contributed by atoms with van der Waals surface area (Å²) in [6.45, 7) is -0.253. The van der Waals surface area contributed by atoms with Crippen molar-refractivity contribution >= 4 is 9.84 Å². The van der Waals surface area contributed by atoms with E-state index in [1.54, 1.807) is 24.3 Å². The summed E-state index contributed by atoms with van der Waals surface area (Å²) in [6, 6.07) is 6.05. The summed E-state index contributed by atoms with van der Waals surface area (Å²) in [6.07, 6.45) is 2.42. The summed E-state index contributed by atoms with van der Waals surface area (Å²) in [4.78, 5) is 0.284. The lowest BCUT2D eigenvalue weighted by Gasteiger charge is -2.27. The van der Waals surface area contributed by atoms with Crippen LogP contribution in [-0.2, 0) is 9.84 Å². The van der Waals surface area contributed by atoms with Gasteiger partial charge in [-0.15, -0.1) is 0 Å². The van der Waals surface area contributed by atoms with Crippen LogP contribution in [0.5, 0.6) is 0 Å². The van der Waals surface area contributed by atoms with Gasteiger partial charge in [-0.1, -0.05) is 24.6 Å². The molecular weight excluding hydrogens is 238 g/mol. The molecule has 5 heteroatoms. The highest BCUT2D eigenvalue weighted by Crippen LogP contribution is 2.33. The van der Waals surface area contributed by atoms with Gasteiger partial charge in [0.25, 0.3) is 0 Å². The lowest BCUT2D eigenvalue weighted by molar-refractivity contribution is 0.266. The Morgan fingerprint density at radius 1 is 1.35 bits per heavy atom. The second-order valence-corrected chi connectivity index (χ2v) is 6.62. The van der Waals surface area contributed by atoms with Crippen molar-refractivity contribution in [3.63, 3.8) is 0 Å². The second-order valence-electron chi connectivity index (χ2n) is 4.42. The molecule has 0 heterocycles. The first-order valence-electron chi connectivity index (χ1n) is 5.76. The maximum absolute atomic E-state index is 12.3. The number of hydrogen-bond donors (Lipinski definition) is 2. The fraction of sp³-hybridized carbons (Fsp3) is 0.500. The number of aliphatic hydroxyl groups is 1. The van der Waals surface area contributed by atoms with Crippen molar-refractivity contribution in [1.82, 2.24) is 0 Å². The third-order valence-electron chi connectivity index (χ3n) is 3.31. The van der Waals surface area contributed by atoms with Crippen molar-refractivity contribution in [2.24, 2.45) is 5.73 Å². The fourth-order valence-electron chi connectivity index (χ4n) is 2.00. The molecule has 0 saturated heterocycles. The summed E-state index contributed by atoms with van der Waals surface area (Å²) in [5.41, 5.74) is 6.25. The van der Waals surface area contributed by atoms with Crippen molar-refractivity contribution in [1.29, 1.82) is 0 Å². The largest absolute Gasteiger partial charge is 0.394 e. The van der Waals surface area contributed by atoms with Gasteiger partial charge in [0.2, 0.25) is 0 Å². The fourth-order valence-corrected chi connectivity index (χ4v) is 4.13. The molecule has 1 aromatic carbocycles. The minimum absolute atomic E-state index is 0.253. The van der Waals surface area contributed by atoms with Crippen LogP contribution < -0.4 is 5.73 Å². The van der Waals surface area contributed by atoms with E-state index in [2.05, 4.69) is 0 Å². The van der Waals surface area contributed by atoms with E-state index >= 15 is 0 Å². The Balaban J connectivity index is 2.44. The zero-order valence-electron chi connectivity index (χ0n) is 9.54. The monoisotopic (exact) mass is 255 g/mol. The molecule has 0 aromatic heterocycles. The van der Waals surface area contributed by atoms with Gasteiger partial charge < -0.3 is 10.8 Å². The summed E-state index contributed by atoms with van der Waals surface area (Å²) < 4.78 is 24.6. The predicted octanol–water partition coefficient (Wildman–Crippen LogP) is 1.00. The SMILES string of the molecule is NC(CO)c1ccccc1S(=O)(=O)C1CCC1. The van der Waals surface area contributed by atoms with Crippen LogP contribution in [0.2, 0.25) is 0 Å². The standard InChI is InChI=1S/C12H17NO3S/c13-11(8-14)10-6-1-2-7-12(10)17(15,16)9-4-3-5-9/h1-2,6-7,9,11,14H,3-5,8,13H2. The molecule has 4 nitrogen and oxygen atoms in total. The molecule has 3 N–H and O–H groups in total. The van der Waals surface area contributed by atoms with Crippen LogP contribution in [0.4, 0.5) is 0 Å². The van der Waals surface area contributed by atoms with Crippen LogP contribution in [0.15, 0.2) is 29.2 Å². The summed E-state index contributed by atoms with van der Waals surface area (Å²) in [5.74, 6) is 0. The number of benzene rings is 1. The molecule has 1 aliphatic rings. The Kier molecular flexibility index (Phi) is 3.51. The van der Waals surface area contributed by atoms with E-state index < -0.39 is 15.9 Å². The molecule has 0 radical (unpaired) electrons. The van der Waals surface area contributed by atoms with Crippen LogP contribution in [0.1, 0.15) is 30.9 Å². The number of hydrogen-bond acceptors (Lipinski definition) is 4. The molecule has 1 fully saturated rings. The molecule has 0 amide bonds. The van der Waals surface area contributed by atoms with Gasteiger partial charge in [-0.3, -0.25) is 0 Å². The minimum atomic E-state index is -3.28. The van der Waals surface area contributed by atoms with E-state index in [1.165, 1.54) is 0 Å². The molecule has 1 aliphatic carbocycles. The normalized spacial score (nSPS) is 18.7. The number of sulfone groups is 1. The molecule has 1 atom stereocenters. The third kappa shape index (κ3) is 2.22. The van der Waals surface area contributed by atoms with Gasteiger partial charge in [0, 0.05) is 0 Å². The maximum Gasteiger partial charge on any atom is 0.181 e. The lowest BCUT2D eigenvalue weighted by Crippen LogP contribution is -2.30. The Hall–Kier alpha value is -0.910. The van der Waals surface area contributed by atoms with E-state index in [1.807, 2.05) is 0 Å². The highest BCUT2D eigenvalue weighted by Gasteiger charge is 2.34. The van der Waals surface area contributed by atoms with Crippen molar-refractivity contribution < 1.29 is 13.5 Å². The van der Waals surface area contributed by atoms with Gasteiger partial charge in [-0.2, -0.15) is 0 Å². The highest BCUT2D eigenvalue weighted by atomic mass is 32.2. The van der Waals surface area contributed by atoms with E-state index in [-0.39, 0.29) is 16.8 Å². The number of aliphatic hydroxyl groups excluding tert-OH is 1. The topological polar surface area (TPSA) is 80.4 Å². The Labute approximate surface area is 101 Å². The maximum atomic E-state index is 12.3. The first kappa shape index (κ1) is 12.5. The average Bonchev–Trinajstić information content (AvgIpc) is 2.25. The van der Waals surface area contributed by atoms with Gasteiger partial charge in [-0.05, 0) is 24.5 Å². The first-order chi connectivity index (χ1) is 8.07. The zero-order chi connectivity index (χ0) is 12.5. The zero-order valence-corrected chi connectivity index (χ0v) is 10.4.